The van der Waals surface area contributed by atoms with Crippen molar-refractivity contribution in [2.45, 2.75) is 45.0 Å². The molecular weight excluding hydrogens is 244 g/mol. The SMILES string of the molecule is CC1=CCC(N2CCc3cscc3NC2O)CC1. The van der Waals surface area contributed by atoms with Crippen LogP contribution in [0.25, 0.3) is 0 Å². The Labute approximate surface area is 112 Å². The van der Waals surface area contributed by atoms with Crippen molar-refractivity contribution in [1.82, 2.24) is 4.90 Å². The van der Waals surface area contributed by atoms with Gasteiger partial charge in [0.2, 0.25) is 0 Å². The van der Waals surface area contributed by atoms with Gasteiger partial charge in [0.25, 0.3) is 0 Å². The first-order chi connectivity index (χ1) is 8.74. The van der Waals surface area contributed by atoms with Gasteiger partial charge in [-0.05, 0) is 43.6 Å². The molecule has 1 aromatic rings. The summed E-state index contributed by atoms with van der Waals surface area (Å²) in [5.74, 6) is 0. The molecule has 3 rings (SSSR count). The molecule has 2 unspecified atom stereocenters. The van der Waals surface area contributed by atoms with E-state index in [2.05, 4.69) is 34.0 Å². The van der Waals surface area contributed by atoms with Crippen molar-refractivity contribution in [2.24, 2.45) is 0 Å². The molecule has 1 aliphatic heterocycles. The fourth-order valence-corrected chi connectivity index (χ4v) is 3.71. The van der Waals surface area contributed by atoms with E-state index in [-0.39, 0.29) is 0 Å². The van der Waals surface area contributed by atoms with Crippen LogP contribution < -0.4 is 5.32 Å². The number of aliphatic hydroxyl groups excluding tert-OH is 1. The van der Waals surface area contributed by atoms with Crippen LogP contribution in [-0.2, 0) is 6.42 Å². The summed E-state index contributed by atoms with van der Waals surface area (Å²) in [6.45, 7) is 3.14. The van der Waals surface area contributed by atoms with Crippen LogP contribution in [0.1, 0.15) is 31.7 Å². The molecule has 98 valence electrons. The average molecular weight is 264 g/mol. The fraction of sp³-hybridized carbons (Fsp3) is 0.571. The molecule has 2 N–H and O–H groups in total. The van der Waals surface area contributed by atoms with Crippen molar-refractivity contribution in [2.75, 3.05) is 11.9 Å². The molecule has 0 saturated carbocycles. The summed E-state index contributed by atoms with van der Waals surface area (Å²) in [6, 6.07) is 0.476. The van der Waals surface area contributed by atoms with E-state index in [0.29, 0.717) is 6.04 Å². The van der Waals surface area contributed by atoms with Crippen molar-refractivity contribution in [1.29, 1.82) is 0 Å². The number of hydrogen-bond acceptors (Lipinski definition) is 4. The number of thiophene rings is 1. The molecule has 0 amide bonds. The summed E-state index contributed by atoms with van der Waals surface area (Å²) in [5, 5.41) is 17.8. The first kappa shape index (κ1) is 12.2. The molecule has 0 spiro atoms. The fourth-order valence-electron chi connectivity index (χ4n) is 2.87. The van der Waals surface area contributed by atoms with Gasteiger partial charge in [-0.1, -0.05) is 11.6 Å². The summed E-state index contributed by atoms with van der Waals surface area (Å²) >= 11 is 1.70. The van der Waals surface area contributed by atoms with E-state index in [1.54, 1.807) is 11.3 Å². The molecule has 0 fully saturated rings. The van der Waals surface area contributed by atoms with Gasteiger partial charge in [0.05, 0.1) is 5.69 Å². The van der Waals surface area contributed by atoms with Crippen LogP contribution in [0.2, 0.25) is 0 Å². The van der Waals surface area contributed by atoms with Gasteiger partial charge >= 0.3 is 0 Å². The Hall–Kier alpha value is -0.840. The third-order valence-electron chi connectivity index (χ3n) is 4.06. The largest absolute Gasteiger partial charge is 0.361 e. The molecule has 4 heteroatoms. The Morgan fingerprint density at radius 3 is 3.06 bits per heavy atom. The van der Waals surface area contributed by atoms with Gasteiger partial charge in [0, 0.05) is 18.0 Å². The predicted molar refractivity (Wildman–Crippen MR) is 75.8 cm³/mol. The maximum atomic E-state index is 10.3. The molecule has 2 heterocycles. The van der Waals surface area contributed by atoms with Crippen molar-refractivity contribution >= 4 is 17.0 Å². The van der Waals surface area contributed by atoms with E-state index in [1.807, 2.05) is 0 Å². The maximum Gasteiger partial charge on any atom is 0.184 e. The third-order valence-corrected chi connectivity index (χ3v) is 4.85. The van der Waals surface area contributed by atoms with E-state index in [9.17, 15) is 5.11 Å². The molecule has 0 aromatic carbocycles. The van der Waals surface area contributed by atoms with Gasteiger partial charge in [0.15, 0.2) is 6.35 Å². The first-order valence-corrected chi connectivity index (χ1v) is 7.59. The number of allylic oxidation sites excluding steroid dienone is 1. The lowest BCUT2D eigenvalue weighted by molar-refractivity contribution is -0.00496. The summed E-state index contributed by atoms with van der Waals surface area (Å²) in [4.78, 5) is 2.22. The van der Waals surface area contributed by atoms with E-state index < -0.39 is 6.35 Å². The summed E-state index contributed by atoms with van der Waals surface area (Å²) in [5.41, 5.74) is 3.93. The monoisotopic (exact) mass is 264 g/mol. The lowest BCUT2D eigenvalue weighted by atomic mass is 9.95. The average Bonchev–Trinajstić information content (AvgIpc) is 2.73. The first-order valence-electron chi connectivity index (χ1n) is 6.65. The lowest BCUT2D eigenvalue weighted by Gasteiger charge is -2.35. The summed E-state index contributed by atoms with van der Waals surface area (Å²) in [6.07, 6.45) is 6.20. The van der Waals surface area contributed by atoms with E-state index in [4.69, 9.17) is 0 Å². The van der Waals surface area contributed by atoms with Crippen LogP contribution in [-0.4, -0.2) is 28.9 Å². The minimum Gasteiger partial charge on any atom is -0.361 e. The number of rotatable bonds is 1. The Morgan fingerprint density at radius 2 is 2.28 bits per heavy atom. The zero-order chi connectivity index (χ0) is 12.5. The molecule has 1 aromatic heterocycles. The number of nitrogens with one attached hydrogen (secondary N) is 1. The van der Waals surface area contributed by atoms with Crippen molar-refractivity contribution in [3.8, 4) is 0 Å². The number of hydrogen-bond donors (Lipinski definition) is 2. The van der Waals surface area contributed by atoms with Crippen LogP contribution in [0.3, 0.4) is 0 Å². The van der Waals surface area contributed by atoms with E-state index in [1.165, 1.54) is 11.1 Å². The minimum atomic E-state index is -0.544. The summed E-state index contributed by atoms with van der Waals surface area (Å²) in [7, 11) is 0. The van der Waals surface area contributed by atoms with Gasteiger partial charge in [-0.2, -0.15) is 0 Å². The normalized spacial score (nSPS) is 29.1. The quantitative estimate of drug-likeness (QED) is 0.766. The highest BCUT2D eigenvalue weighted by Crippen LogP contribution is 2.29. The molecule has 1 aliphatic carbocycles. The Kier molecular flexibility index (Phi) is 3.41. The second kappa shape index (κ2) is 5.03. The van der Waals surface area contributed by atoms with Crippen LogP contribution >= 0.6 is 11.3 Å². The number of nitrogens with zero attached hydrogens (tertiary/aromatic N) is 1. The Bertz CT molecular complexity index is 454. The molecular formula is C14H20N2OS. The van der Waals surface area contributed by atoms with Gasteiger partial charge in [-0.15, -0.1) is 11.3 Å². The van der Waals surface area contributed by atoms with Gasteiger partial charge < -0.3 is 10.4 Å². The minimum absolute atomic E-state index is 0.476. The summed E-state index contributed by atoms with van der Waals surface area (Å²) < 4.78 is 0. The second-order valence-electron chi connectivity index (χ2n) is 5.30. The van der Waals surface area contributed by atoms with E-state index in [0.717, 1.165) is 37.9 Å². The van der Waals surface area contributed by atoms with Gasteiger partial charge in [0.1, 0.15) is 0 Å². The predicted octanol–water partition coefficient (Wildman–Crippen LogP) is 2.79. The Balaban J connectivity index is 1.73. The zero-order valence-electron chi connectivity index (χ0n) is 10.7. The number of fused-ring (bicyclic) bond motifs is 1. The van der Waals surface area contributed by atoms with Crippen molar-refractivity contribution in [3.05, 3.63) is 28.0 Å². The molecule has 2 atom stereocenters. The molecule has 0 saturated heterocycles. The van der Waals surface area contributed by atoms with Gasteiger partial charge in [-0.3, -0.25) is 4.90 Å². The van der Waals surface area contributed by atoms with Crippen molar-refractivity contribution in [3.63, 3.8) is 0 Å². The van der Waals surface area contributed by atoms with Crippen molar-refractivity contribution < 1.29 is 5.11 Å². The molecule has 0 bridgehead atoms. The van der Waals surface area contributed by atoms with Crippen LogP contribution in [0, 0.1) is 0 Å². The number of anilines is 1. The molecule has 18 heavy (non-hydrogen) atoms. The highest BCUT2D eigenvalue weighted by Gasteiger charge is 2.28. The lowest BCUT2D eigenvalue weighted by Crippen LogP contribution is -2.47. The molecule has 2 aliphatic rings. The van der Waals surface area contributed by atoms with Gasteiger partial charge in [-0.25, -0.2) is 0 Å². The second-order valence-corrected chi connectivity index (χ2v) is 6.04. The van der Waals surface area contributed by atoms with Crippen LogP contribution in [0.15, 0.2) is 22.4 Å². The smallest absolute Gasteiger partial charge is 0.184 e. The maximum absolute atomic E-state index is 10.3. The molecule has 0 radical (unpaired) electrons. The third kappa shape index (κ3) is 2.32. The zero-order valence-corrected chi connectivity index (χ0v) is 11.5. The van der Waals surface area contributed by atoms with E-state index >= 15 is 0 Å². The topological polar surface area (TPSA) is 35.5 Å². The van der Waals surface area contributed by atoms with Crippen LogP contribution in [0.5, 0.6) is 0 Å². The molecule has 3 nitrogen and oxygen atoms in total. The standard InChI is InChI=1S/C14H20N2OS/c1-10-2-4-12(5-3-10)16-7-6-11-8-18-9-13(11)15-14(16)17/h2,8-9,12,14-15,17H,3-7H2,1H3. The Morgan fingerprint density at radius 1 is 1.39 bits per heavy atom. The highest BCUT2D eigenvalue weighted by atomic mass is 32.1. The number of aliphatic hydroxyl groups is 1. The van der Waals surface area contributed by atoms with Crippen LogP contribution in [0.4, 0.5) is 5.69 Å². The highest BCUT2D eigenvalue weighted by molar-refractivity contribution is 7.08.